The van der Waals surface area contributed by atoms with Crippen molar-refractivity contribution in [3.8, 4) is 5.75 Å². The van der Waals surface area contributed by atoms with Gasteiger partial charge < -0.3 is 10.4 Å². The number of nitrogens with zero attached hydrogens (tertiary/aromatic N) is 1. The number of thiazole rings is 1. The number of aromatic nitrogens is 1. The summed E-state index contributed by atoms with van der Waals surface area (Å²) in [6, 6.07) is 5.36. The van der Waals surface area contributed by atoms with E-state index in [1.165, 1.54) is 0 Å². The average Bonchev–Trinajstić information content (AvgIpc) is 2.85. The van der Waals surface area contributed by atoms with Crippen LogP contribution in [0.2, 0.25) is 5.02 Å². The Hall–Kier alpha value is -1.10. The smallest absolute Gasteiger partial charge is 0.138 e. The Bertz CT molecular complexity index is 526. The lowest BCUT2D eigenvalue weighted by atomic mass is 10.1. The highest BCUT2D eigenvalue weighted by Crippen LogP contribution is 2.28. The summed E-state index contributed by atoms with van der Waals surface area (Å²) in [5.41, 5.74) is 0.551. The molecule has 0 atom stereocenters. The molecule has 0 saturated heterocycles. The topological polar surface area (TPSA) is 45.1 Å². The summed E-state index contributed by atoms with van der Waals surface area (Å²) in [4.78, 5) is 4.31. The number of halogens is 1. The van der Waals surface area contributed by atoms with Crippen LogP contribution in [-0.4, -0.2) is 10.1 Å². The van der Waals surface area contributed by atoms with Crippen LogP contribution < -0.4 is 5.32 Å². The molecule has 3 nitrogen and oxygen atoms in total. The summed E-state index contributed by atoms with van der Waals surface area (Å²) in [6.45, 7) is 4.67. The Morgan fingerprint density at radius 1 is 1.44 bits per heavy atom. The van der Waals surface area contributed by atoms with E-state index in [4.69, 9.17) is 11.6 Å². The first kappa shape index (κ1) is 13.3. The molecular weight excluding hydrogens is 268 g/mol. The molecule has 0 amide bonds. The zero-order chi connectivity index (χ0) is 13.2. The number of benzene rings is 1. The molecular formula is C13H15ClN2OS. The van der Waals surface area contributed by atoms with Crippen molar-refractivity contribution < 1.29 is 5.11 Å². The van der Waals surface area contributed by atoms with Crippen molar-refractivity contribution in [1.29, 1.82) is 0 Å². The molecule has 1 aromatic heterocycles. The molecule has 0 spiro atoms. The maximum absolute atomic E-state index is 9.84. The van der Waals surface area contributed by atoms with Gasteiger partial charge in [-0.05, 0) is 19.9 Å². The van der Waals surface area contributed by atoms with Gasteiger partial charge in [0.1, 0.15) is 10.8 Å². The van der Waals surface area contributed by atoms with Gasteiger partial charge in [-0.2, -0.15) is 0 Å². The highest BCUT2D eigenvalue weighted by Gasteiger charge is 2.22. The van der Waals surface area contributed by atoms with Gasteiger partial charge in [0.05, 0.1) is 10.6 Å². The molecule has 96 valence electrons. The molecule has 5 heteroatoms. The Labute approximate surface area is 115 Å². The van der Waals surface area contributed by atoms with Gasteiger partial charge in [0, 0.05) is 23.7 Å². The van der Waals surface area contributed by atoms with Gasteiger partial charge >= 0.3 is 0 Å². The summed E-state index contributed by atoms with van der Waals surface area (Å²) in [5.74, 6) is 0.140. The number of hydrogen-bond acceptors (Lipinski definition) is 4. The van der Waals surface area contributed by atoms with Crippen molar-refractivity contribution in [2.75, 3.05) is 0 Å². The van der Waals surface area contributed by atoms with Crippen LogP contribution in [0.25, 0.3) is 0 Å². The largest absolute Gasteiger partial charge is 0.506 e. The van der Waals surface area contributed by atoms with E-state index in [0.29, 0.717) is 11.6 Å². The average molecular weight is 283 g/mol. The van der Waals surface area contributed by atoms with Crippen molar-refractivity contribution in [2.24, 2.45) is 0 Å². The molecule has 0 aliphatic rings. The molecule has 0 saturated carbocycles. The van der Waals surface area contributed by atoms with Crippen LogP contribution in [0, 0.1) is 0 Å². The van der Waals surface area contributed by atoms with Crippen molar-refractivity contribution >= 4 is 22.9 Å². The first-order valence-corrected chi connectivity index (χ1v) is 6.88. The van der Waals surface area contributed by atoms with Gasteiger partial charge in [0.2, 0.25) is 0 Å². The first-order valence-electron chi connectivity index (χ1n) is 5.62. The maximum Gasteiger partial charge on any atom is 0.138 e. The monoisotopic (exact) mass is 282 g/mol. The molecule has 0 bridgehead atoms. The summed E-state index contributed by atoms with van der Waals surface area (Å²) in [5, 5.41) is 16.6. The van der Waals surface area contributed by atoms with E-state index in [0.717, 1.165) is 10.6 Å². The number of phenols is 1. The molecule has 0 aliphatic heterocycles. The minimum atomic E-state index is -0.233. The quantitative estimate of drug-likeness (QED) is 0.902. The third-order valence-corrected chi connectivity index (χ3v) is 4.16. The Kier molecular flexibility index (Phi) is 3.90. The predicted octanol–water partition coefficient (Wildman–Crippen LogP) is 3.53. The van der Waals surface area contributed by atoms with Crippen molar-refractivity contribution in [1.82, 2.24) is 10.3 Å². The Morgan fingerprint density at radius 3 is 2.89 bits per heavy atom. The molecule has 0 unspecified atom stereocenters. The van der Waals surface area contributed by atoms with Gasteiger partial charge in [0.25, 0.3) is 0 Å². The summed E-state index contributed by atoms with van der Waals surface area (Å²) >= 11 is 7.49. The molecule has 1 heterocycles. The zero-order valence-electron chi connectivity index (χ0n) is 10.3. The third kappa shape index (κ3) is 2.83. The van der Waals surface area contributed by atoms with Gasteiger partial charge in [0.15, 0.2) is 0 Å². The van der Waals surface area contributed by atoms with Gasteiger partial charge in [-0.3, -0.25) is 0 Å². The number of phenolic OH excluding ortho intramolecular Hbond substituents is 1. The van der Waals surface area contributed by atoms with E-state index < -0.39 is 0 Å². The normalized spacial score (nSPS) is 11.7. The van der Waals surface area contributed by atoms with E-state index in [-0.39, 0.29) is 11.3 Å². The predicted molar refractivity (Wildman–Crippen MR) is 75.1 cm³/mol. The lowest BCUT2D eigenvalue weighted by Gasteiger charge is -2.24. The Morgan fingerprint density at radius 2 is 2.22 bits per heavy atom. The summed E-state index contributed by atoms with van der Waals surface area (Å²) < 4.78 is 0. The number of para-hydroxylation sites is 1. The van der Waals surface area contributed by atoms with Crippen LogP contribution >= 0.6 is 22.9 Å². The molecule has 2 rings (SSSR count). The minimum absolute atomic E-state index is 0.140. The molecule has 0 radical (unpaired) electrons. The minimum Gasteiger partial charge on any atom is -0.506 e. The van der Waals surface area contributed by atoms with E-state index in [1.807, 2.05) is 17.5 Å². The highest BCUT2D eigenvalue weighted by molar-refractivity contribution is 7.09. The second kappa shape index (κ2) is 5.26. The zero-order valence-corrected chi connectivity index (χ0v) is 11.8. The maximum atomic E-state index is 9.84. The molecule has 2 N–H and O–H groups in total. The Balaban J connectivity index is 2.10. The number of nitrogens with one attached hydrogen (secondary N) is 1. The van der Waals surface area contributed by atoms with Crippen molar-refractivity contribution in [3.05, 3.63) is 45.4 Å². The van der Waals surface area contributed by atoms with E-state index in [2.05, 4.69) is 24.1 Å². The third-order valence-electron chi connectivity index (χ3n) is 2.76. The molecule has 2 aromatic rings. The summed E-state index contributed by atoms with van der Waals surface area (Å²) in [6.07, 6.45) is 1.79. The van der Waals surface area contributed by atoms with Crippen LogP contribution in [0.15, 0.2) is 29.8 Å². The number of aromatic hydroxyl groups is 1. The van der Waals surface area contributed by atoms with E-state index in [9.17, 15) is 5.11 Å². The fourth-order valence-electron chi connectivity index (χ4n) is 1.63. The van der Waals surface area contributed by atoms with Gasteiger partial charge in [-0.1, -0.05) is 23.7 Å². The van der Waals surface area contributed by atoms with Crippen molar-refractivity contribution in [2.45, 2.75) is 25.9 Å². The lowest BCUT2D eigenvalue weighted by Crippen LogP contribution is -2.35. The number of rotatable bonds is 4. The van der Waals surface area contributed by atoms with Crippen LogP contribution in [0.3, 0.4) is 0 Å². The molecule has 0 aliphatic carbocycles. The standard InChI is InChI=1S/C13H15ClN2OS/c1-13(2,12-15-6-7-18-12)16-8-9-4-3-5-10(14)11(9)17/h3-7,16-17H,8H2,1-2H3. The highest BCUT2D eigenvalue weighted by atomic mass is 35.5. The fraction of sp³-hybridized carbons (Fsp3) is 0.308. The SMILES string of the molecule is CC(C)(NCc1cccc(Cl)c1O)c1nccs1. The van der Waals surface area contributed by atoms with E-state index >= 15 is 0 Å². The molecule has 0 fully saturated rings. The lowest BCUT2D eigenvalue weighted by molar-refractivity contribution is 0.391. The van der Waals surface area contributed by atoms with Crippen LogP contribution in [0.1, 0.15) is 24.4 Å². The van der Waals surface area contributed by atoms with Crippen LogP contribution in [0.5, 0.6) is 5.75 Å². The fourth-order valence-corrected chi connectivity index (χ4v) is 2.56. The van der Waals surface area contributed by atoms with Gasteiger partial charge in [-0.15, -0.1) is 11.3 Å². The molecule has 1 aromatic carbocycles. The number of hydrogen-bond donors (Lipinski definition) is 2. The summed E-state index contributed by atoms with van der Waals surface area (Å²) in [7, 11) is 0. The van der Waals surface area contributed by atoms with Crippen molar-refractivity contribution in [3.63, 3.8) is 0 Å². The van der Waals surface area contributed by atoms with Crippen LogP contribution in [0.4, 0.5) is 0 Å². The second-order valence-corrected chi connectivity index (χ2v) is 5.87. The molecule has 18 heavy (non-hydrogen) atoms. The second-order valence-electron chi connectivity index (χ2n) is 4.56. The van der Waals surface area contributed by atoms with Crippen LogP contribution in [-0.2, 0) is 12.1 Å². The van der Waals surface area contributed by atoms with E-state index in [1.54, 1.807) is 23.6 Å². The van der Waals surface area contributed by atoms with Gasteiger partial charge in [-0.25, -0.2) is 4.98 Å². The first-order chi connectivity index (χ1) is 8.50.